The van der Waals surface area contributed by atoms with Gasteiger partial charge in [0, 0.05) is 0 Å². The minimum absolute atomic E-state index is 0. The first-order valence-corrected chi connectivity index (χ1v) is 14.2. The first kappa shape index (κ1) is 20.1. The van der Waals surface area contributed by atoms with Crippen molar-refractivity contribution in [3.63, 3.8) is 0 Å². The number of rotatable bonds is 4. The van der Waals surface area contributed by atoms with E-state index >= 15 is 0 Å². The van der Waals surface area contributed by atoms with E-state index in [2.05, 4.69) is 58.1 Å². The summed E-state index contributed by atoms with van der Waals surface area (Å²) in [6.07, 6.45) is 8.10. The number of allylic oxidation sites excluding steroid dienone is 4. The number of hydrogen-bond acceptors (Lipinski definition) is 1. The Kier molecular flexibility index (Phi) is 6.36. The van der Waals surface area contributed by atoms with Gasteiger partial charge >= 0.3 is 93.7 Å². The van der Waals surface area contributed by atoms with E-state index in [1.54, 1.807) is 3.88 Å². The average Bonchev–Trinajstić information content (AvgIpc) is 2.52. The smallest absolute Gasteiger partial charge is 1.00 e. The monoisotopic (exact) mass is 315 g/mol. The second kappa shape index (κ2) is 5.39. The molecule has 0 saturated carbocycles. The molecule has 1 nitrogen and oxygen atoms in total. The van der Waals surface area contributed by atoms with Crippen molar-refractivity contribution in [2.24, 2.45) is 0 Å². The summed E-state index contributed by atoms with van der Waals surface area (Å²) in [5.74, 6) is 0. The van der Waals surface area contributed by atoms with Crippen LogP contribution in [0.4, 0.5) is 0 Å². The van der Waals surface area contributed by atoms with Crippen LogP contribution in [0.1, 0.15) is 6.42 Å². The van der Waals surface area contributed by atoms with Gasteiger partial charge in [-0.15, -0.1) is 0 Å². The Morgan fingerprint density at radius 2 is 1.65 bits per heavy atom. The normalized spacial score (nSPS) is 16.8. The molecule has 0 heterocycles. The van der Waals surface area contributed by atoms with E-state index < -0.39 is 14.0 Å². The Morgan fingerprint density at radius 1 is 1.12 bits per heavy atom. The third-order valence-electron chi connectivity index (χ3n) is 3.97. The van der Waals surface area contributed by atoms with Crippen LogP contribution in [0.2, 0.25) is 25.6 Å². The third-order valence-corrected chi connectivity index (χ3v) is 13.1. The molecule has 0 radical (unpaired) electrons. The summed E-state index contributed by atoms with van der Waals surface area (Å²) in [5, 5.41) is 10.3. The molecule has 0 atom stereocenters. The summed E-state index contributed by atoms with van der Waals surface area (Å²) in [6.45, 7) is 1.21. The third kappa shape index (κ3) is 5.49. The van der Waals surface area contributed by atoms with E-state index in [0.717, 1.165) is 0 Å². The van der Waals surface area contributed by atoms with Gasteiger partial charge in [-0.05, 0) is 0 Å². The molecule has 0 aromatic rings. The Balaban J connectivity index is 0. The predicted molar refractivity (Wildman–Crippen MR) is 68.7 cm³/mol. The zero-order chi connectivity index (χ0) is 11.8. The summed E-state index contributed by atoms with van der Waals surface area (Å²) < 4.78 is 3.09. The fraction of sp³-hybridized carbons (Fsp3) is 0.692. The van der Waals surface area contributed by atoms with E-state index in [9.17, 15) is 0 Å². The van der Waals surface area contributed by atoms with Gasteiger partial charge in [0.15, 0.2) is 0 Å². The topological polar surface area (TPSA) is 3.24 Å². The molecule has 102 valence electrons. The number of hydrogen-bond donors (Lipinski definition) is 0. The summed E-state index contributed by atoms with van der Waals surface area (Å²) in [4.78, 5) is 2.31. The molecule has 0 aromatic carbocycles. The average molecular weight is 316 g/mol. The van der Waals surface area contributed by atoms with Crippen LogP contribution in [0.3, 0.4) is 0 Å². The second-order valence-electron chi connectivity index (χ2n) is 8.47. The predicted octanol–water partition coefficient (Wildman–Crippen LogP) is -1.76. The maximum absolute atomic E-state index is 2.85. The number of nitrogens with zero attached hydrogens (tertiary/aromatic N) is 1. The molecule has 0 unspecified atom stereocenters. The van der Waals surface area contributed by atoms with Crippen molar-refractivity contribution in [1.82, 2.24) is 4.90 Å². The van der Waals surface area contributed by atoms with Gasteiger partial charge in [0.1, 0.15) is 0 Å². The molecule has 1 aliphatic carbocycles. The van der Waals surface area contributed by atoms with E-state index in [-0.39, 0.29) is 24.8 Å². The van der Waals surface area contributed by atoms with Gasteiger partial charge in [0.2, 0.25) is 0 Å². The van der Waals surface area contributed by atoms with Gasteiger partial charge in [-0.25, -0.2) is 0 Å². The molecule has 1 rings (SSSR count). The van der Waals surface area contributed by atoms with Gasteiger partial charge in [0.25, 0.3) is 0 Å². The van der Waals surface area contributed by atoms with Gasteiger partial charge < -0.3 is 24.8 Å². The van der Waals surface area contributed by atoms with Crippen molar-refractivity contribution in [2.75, 3.05) is 20.6 Å². The summed E-state index contributed by atoms with van der Waals surface area (Å²) in [5.41, 5.74) is 0. The van der Waals surface area contributed by atoms with Gasteiger partial charge in [-0.2, -0.15) is 0 Å². The molecule has 0 aromatic heterocycles. The Bertz CT molecular complexity index is 322. The first-order chi connectivity index (χ1) is 6.54. The van der Waals surface area contributed by atoms with Crippen LogP contribution in [0.5, 0.6) is 0 Å². The minimum atomic E-state index is -2.85. The fourth-order valence-electron chi connectivity index (χ4n) is 2.21. The Hall–Kier alpha value is 0.734. The van der Waals surface area contributed by atoms with Crippen molar-refractivity contribution < 1.29 is 38.8 Å². The molecule has 0 N–H and O–H groups in total. The molecule has 0 aliphatic heterocycles. The summed E-state index contributed by atoms with van der Waals surface area (Å²) >= 11 is -2.85. The maximum atomic E-state index is 2.57. The van der Waals surface area contributed by atoms with Crippen molar-refractivity contribution in [3.05, 3.63) is 22.1 Å². The van der Waals surface area contributed by atoms with Crippen LogP contribution in [-0.2, 0) is 14.0 Å². The summed E-state index contributed by atoms with van der Waals surface area (Å²) in [7, 11) is 4.35. The Morgan fingerprint density at radius 3 is 2.00 bits per heavy atom. The maximum Gasteiger partial charge on any atom is -1.00 e. The van der Waals surface area contributed by atoms with Crippen molar-refractivity contribution >= 4 is 0 Å². The molecule has 0 fully saturated rings. The zero-order valence-corrected chi connectivity index (χ0v) is 15.1. The van der Waals surface area contributed by atoms with Crippen molar-refractivity contribution in [1.29, 1.82) is 0 Å². The van der Waals surface area contributed by atoms with Gasteiger partial charge in [-0.1, -0.05) is 0 Å². The quantitative estimate of drug-likeness (QED) is 0.556. The molecule has 0 bridgehead atoms. The molecule has 0 spiro atoms. The zero-order valence-electron chi connectivity index (χ0n) is 12.1. The second-order valence-corrected chi connectivity index (χ2v) is 27.7. The van der Waals surface area contributed by atoms with Crippen LogP contribution in [0, 0.1) is 0 Å². The van der Waals surface area contributed by atoms with Crippen LogP contribution in [-0.4, -0.2) is 25.5 Å². The fourth-order valence-corrected chi connectivity index (χ4v) is 8.04. The van der Waals surface area contributed by atoms with E-state index in [4.69, 9.17) is 0 Å². The van der Waals surface area contributed by atoms with Crippen molar-refractivity contribution in [3.8, 4) is 0 Å². The molecule has 1 aliphatic rings. The molecule has 4 heteroatoms. The largest absolute Gasteiger partial charge is 1.00 e. The number of halogens is 2. The van der Waals surface area contributed by atoms with E-state index in [1.807, 2.05) is 0 Å². The molecular formula is C13H27Cl2NTi. The van der Waals surface area contributed by atoms with Crippen LogP contribution in [0.25, 0.3) is 0 Å². The molecule has 0 amide bonds. The summed E-state index contributed by atoms with van der Waals surface area (Å²) in [6, 6.07) is 0. The van der Waals surface area contributed by atoms with Crippen LogP contribution in [0.15, 0.2) is 22.1 Å². The van der Waals surface area contributed by atoms with Crippen molar-refractivity contribution in [2.45, 2.75) is 32.1 Å². The molecular weight excluding hydrogens is 289 g/mol. The SMILES string of the molecule is CN(C)C[CH2][Ti+2]([CH3])([CH3])([CH3])([CH3])[C]1=CC=CC1.[Cl-].[Cl-]. The minimum Gasteiger partial charge on any atom is -1.00 e. The molecule has 17 heavy (non-hydrogen) atoms. The van der Waals surface area contributed by atoms with Gasteiger partial charge in [0.05, 0.1) is 0 Å². The van der Waals surface area contributed by atoms with E-state index in [1.165, 1.54) is 17.7 Å². The Labute approximate surface area is 118 Å². The van der Waals surface area contributed by atoms with E-state index in [0.29, 0.717) is 0 Å². The first-order valence-electron chi connectivity index (χ1n) is 6.03. The van der Waals surface area contributed by atoms with Gasteiger partial charge in [-0.3, -0.25) is 0 Å². The standard InChI is InChI=1S/C5H5.C4H10N.4CH3.2ClH.Ti/c1-2-4-5-3-1;1-4-5(2)3;;;;;;;/h1-3H,4H2;1,4H2,2-3H3;4*1H3;2*1H;/q;;;;;;;;+2/p-2. The molecule has 0 saturated heterocycles. The van der Waals surface area contributed by atoms with Crippen LogP contribution < -0.4 is 24.8 Å². The van der Waals surface area contributed by atoms with Crippen LogP contribution >= 0.6 is 0 Å².